The van der Waals surface area contributed by atoms with Crippen molar-refractivity contribution in [2.24, 2.45) is 5.41 Å². The summed E-state index contributed by atoms with van der Waals surface area (Å²) in [5.74, 6) is -0.247. The van der Waals surface area contributed by atoms with Gasteiger partial charge in [0.2, 0.25) is 0 Å². The zero-order valence-corrected chi connectivity index (χ0v) is 10.5. The molecule has 0 fully saturated rings. The fraction of sp³-hybridized carbons (Fsp3) is 0.417. The molecule has 0 aromatic heterocycles. The average molecular weight is 253 g/mol. The number of rotatable bonds is 4. The number of benzene rings is 1. The van der Waals surface area contributed by atoms with Gasteiger partial charge in [0.05, 0.1) is 11.3 Å². The van der Waals surface area contributed by atoms with Crippen LogP contribution in [-0.4, -0.2) is 10.9 Å². The average Bonchev–Trinajstić information content (AvgIpc) is 2.24. The van der Waals surface area contributed by atoms with Crippen LogP contribution >= 0.6 is 0 Å². The van der Waals surface area contributed by atoms with Crippen LogP contribution in [0.2, 0.25) is 0 Å². The predicted molar refractivity (Wildman–Crippen MR) is 63.9 cm³/mol. The van der Waals surface area contributed by atoms with Gasteiger partial charge in [-0.15, -0.1) is 0 Å². The van der Waals surface area contributed by atoms with Gasteiger partial charge in [0.15, 0.2) is 5.75 Å². The van der Waals surface area contributed by atoms with Crippen molar-refractivity contribution in [1.29, 1.82) is 0 Å². The molecule has 0 spiro atoms. The highest BCUT2D eigenvalue weighted by molar-refractivity contribution is 5.69. The summed E-state index contributed by atoms with van der Waals surface area (Å²) in [6.45, 7) is 5.71. The van der Waals surface area contributed by atoms with Crippen molar-refractivity contribution in [3.63, 3.8) is 0 Å². The molecule has 0 radical (unpaired) electrons. The lowest BCUT2D eigenvalue weighted by Gasteiger charge is -2.15. The van der Waals surface area contributed by atoms with Crippen molar-refractivity contribution in [1.82, 2.24) is 0 Å². The van der Waals surface area contributed by atoms with Crippen molar-refractivity contribution in [2.75, 3.05) is 0 Å². The molecular formula is C12H15NO5. The molecule has 0 aliphatic heterocycles. The third-order valence-corrected chi connectivity index (χ3v) is 1.95. The monoisotopic (exact) mass is 253 g/mol. The van der Waals surface area contributed by atoms with E-state index in [2.05, 4.69) is 4.89 Å². The number of carbonyl (C=O) groups excluding carboxylic acids is 1. The minimum absolute atomic E-state index is 0.0524. The molecule has 0 atom stereocenters. The first-order valence-electron chi connectivity index (χ1n) is 5.40. The van der Waals surface area contributed by atoms with Crippen molar-refractivity contribution in [3.8, 4) is 5.75 Å². The van der Waals surface area contributed by atoms with Gasteiger partial charge in [-0.2, -0.15) is 0 Å². The maximum atomic E-state index is 11.4. The molecule has 0 amide bonds. The van der Waals surface area contributed by atoms with E-state index in [4.69, 9.17) is 4.89 Å². The zero-order chi connectivity index (χ0) is 13.8. The molecule has 0 bridgehead atoms. The number of hydrogen-bond acceptors (Lipinski definition) is 5. The highest BCUT2D eigenvalue weighted by Crippen LogP contribution is 2.20. The van der Waals surface area contributed by atoms with Crippen LogP contribution in [0.25, 0.3) is 0 Å². The summed E-state index contributed by atoms with van der Waals surface area (Å²) in [5.41, 5.74) is -0.237. The number of nitro benzene ring substituents is 1. The molecule has 1 rings (SSSR count). The summed E-state index contributed by atoms with van der Waals surface area (Å²) in [6.07, 6.45) is 0.222. The van der Waals surface area contributed by atoms with Gasteiger partial charge in [0, 0.05) is 12.1 Å². The van der Waals surface area contributed by atoms with E-state index >= 15 is 0 Å². The molecule has 0 aliphatic rings. The summed E-state index contributed by atoms with van der Waals surface area (Å²) in [7, 11) is 0. The Labute approximate surface area is 105 Å². The summed E-state index contributed by atoms with van der Waals surface area (Å²) in [4.78, 5) is 30.6. The summed E-state index contributed by atoms with van der Waals surface area (Å²) < 4.78 is 0. The Morgan fingerprint density at radius 2 is 1.83 bits per heavy atom. The zero-order valence-electron chi connectivity index (χ0n) is 10.5. The van der Waals surface area contributed by atoms with E-state index in [0.717, 1.165) is 0 Å². The van der Waals surface area contributed by atoms with Crippen LogP contribution in [0.15, 0.2) is 24.3 Å². The molecule has 0 aliphatic carbocycles. The van der Waals surface area contributed by atoms with Crippen LogP contribution in [0.4, 0.5) is 5.69 Å². The van der Waals surface area contributed by atoms with Crippen LogP contribution in [0.1, 0.15) is 27.2 Å². The third kappa shape index (κ3) is 4.82. The lowest BCUT2D eigenvalue weighted by Crippen LogP contribution is -2.16. The Morgan fingerprint density at radius 1 is 1.28 bits per heavy atom. The Kier molecular flexibility index (Phi) is 4.25. The molecular weight excluding hydrogens is 238 g/mol. The minimum Gasteiger partial charge on any atom is -0.287 e. The fourth-order valence-corrected chi connectivity index (χ4v) is 1.18. The number of non-ortho nitro benzene ring substituents is 1. The lowest BCUT2D eigenvalue weighted by atomic mass is 9.93. The van der Waals surface area contributed by atoms with Crippen molar-refractivity contribution in [3.05, 3.63) is 34.4 Å². The van der Waals surface area contributed by atoms with E-state index in [1.54, 1.807) is 0 Å². The lowest BCUT2D eigenvalue weighted by molar-refractivity contribution is -0.384. The normalized spacial score (nSPS) is 10.8. The van der Waals surface area contributed by atoms with E-state index in [-0.39, 0.29) is 23.3 Å². The quantitative estimate of drug-likeness (QED) is 0.468. The summed E-state index contributed by atoms with van der Waals surface area (Å²) in [6, 6.07) is 5.27. The van der Waals surface area contributed by atoms with E-state index in [1.165, 1.54) is 24.3 Å². The molecule has 0 saturated heterocycles. The van der Waals surface area contributed by atoms with Crippen molar-refractivity contribution < 1.29 is 19.5 Å². The standard InChI is InChI=1S/C12H15NO5/c1-12(2,3)8-11(14)18-17-10-6-4-9(5-7-10)13(15)16/h4-7H,8H2,1-3H3. The predicted octanol–water partition coefficient (Wildman–Crippen LogP) is 2.87. The van der Waals surface area contributed by atoms with Crippen LogP contribution in [-0.2, 0) is 9.68 Å². The molecule has 1 aromatic carbocycles. The second kappa shape index (κ2) is 5.48. The van der Waals surface area contributed by atoms with Gasteiger partial charge >= 0.3 is 5.97 Å². The molecule has 6 heteroatoms. The van der Waals surface area contributed by atoms with Gasteiger partial charge in [0.1, 0.15) is 0 Å². The van der Waals surface area contributed by atoms with Crippen LogP contribution in [0, 0.1) is 15.5 Å². The molecule has 18 heavy (non-hydrogen) atoms. The maximum absolute atomic E-state index is 11.4. The second-order valence-corrected chi connectivity index (χ2v) is 5.03. The van der Waals surface area contributed by atoms with Gasteiger partial charge in [0.25, 0.3) is 5.69 Å². The summed E-state index contributed by atoms with van der Waals surface area (Å²) in [5, 5.41) is 10.4. The number of nitro groups is 1. The molecule has 0 N–H and O–H groups in total. The number of nitrogens with zero attached hydrogens (tertiary/aromatic N) is 1. The van der Waals surface area contributed by atoms with E-state index in [0.29, 0.717) is 0 Å². The molecule has 0 heterocycles. The van der Waals surface area contributed by atoms with Crippen molar-refractivity contribution >= 4 is 11.7 Å². The highest BCUT2D eigenvalue weighted by atomic mass is 17.2. The molecule has 6 nitrogen and oxygen atoms in total. The molecule has 98 valence electrons. The van der Waals surface area contributed by atoms with Crippen LogP contribution in [0.5, 0.6) is 5.75 Å². The molecule has 0 unspecified atom stereocenters. The SMILES string of the molecule is CC(C)(C)CC(=O)OOc1ccc([N+](=O)[O-])cc1. The topological polar surface area (TPSA) is 78.7 Å². The maximum Gasteiger partial charge on any atom is 0.355 e. The molecule has 0 saturated carbocycles. The van der Waals surface area contributed by atoms with Crippen LogP contribution in [0.3, 0.4) is 0 Å². The smallest absolute Gasteiger partial charge is 0.287 e. The molecule has 1 aromatic rings. The minimum atomic E-state index is -0.518. The number of hydrogen-bond donors (Lipinski definition) is 0. The van der Waals surface area contributed by atoms with Gasteiger partial charge in [-0.25, -0.2) is 4.79 Å². The summed E-state index contributed by atoms with van der Waals surface area (Å²) >= 11 is 0. The first-order valence-corrected chi connectivity index (χ1v) is 5.40. The van der Waals surface area contributed by atoms with Gasteiger partial charge in [-0.3, -0.25) is 19.9 Å². The Bertz CT molecular complexity index is 433. The highest BCUT2D eigenvalue weighted by Gasteiger charge is 2.18. The van der Waals surface area contributed by atoms with E-state index < -0.39 is 10.9 Å². The first-order chi connectivity index (χ1) is 8.28. The van der Waals surface area contributed by atoms with E-state index in [9.17, 15) is 14.9 Å². The first kappa shape index (κ1) is 14.0. The van der Waals surface area contributed by atoms with Gasteiger partial charge < -0.3 is 0 Å². The second-order valence-electron chi connectivity index (χ2n) is 5.03. The van der Waals surface area contributed by atoms with Crippen molar-refractivity contribution in [2.45, 2.75) is 27.2 Å². The largest absolute Gasteiger partial charge is 0.355 e. The Morgan fingerprint density at radius 3 is 2.28 bits per heavy atom. The van der Waals surface area contributed by atoms with Crippen LogP contribution < -0.4 is 4.89 Å². The fourth-order valence-electron chi connectivity index (χ4n) is 1.18. The Balaban J connectivity index is 2.49. The van der Waals surface area contributed by atoms with Gasteiger partial charge in [-0.1, -0.05) is 20.8 Å². The van der Waals surface area contributed by atoms with E-state index in [1.807, 2.05) is 20.8 Å². The third-order valence-electron chi connectivity index (χ3n) is 1.95. The number of carbonyl (C=O) groups is 1. The van der Waals surface area contributed by atoms with Gasteiger partial charge in [-0.05, 0) is 17.5 Å². The Hall–Kier alpha value is -2.11.